The zero-order valence-corrected chi connectivity index (χ0v) is 29.5. The number of hydrogen-bond donors (Lipinski definition) is 0. The van der Waals surface area contributed by atoms with Crippen molar-refractivity contribution in [3.63, 3.8) is 0 Å². The molecule has 11 aromatic rings. The highest BCUT2D eigenvalue weighted by Crippen LogP contribution is 2.42. The Morgan fingerprint density at radius 3 is 1.55 bits per heavy atom. The topological polar surface area (TPSA) is 62.4 Å². The van der Waals surface area contributed by atoms with E-state index in [0.717, 1.165) is 61.0 Å². The average Bonchev–Trinajstić information content (AvgIpc) is 3.89. The maximum Gasteiger partial charge on any atom is 0.0992 e. The Bertz CT molecular complexity index is 3420. The van der Waals surface area contributed by atoms with Crippen LogP contribution in [0.25, 0.3) is 93.6 Å². The van der Waals surface area contributed by atoms with Gasteiger partial charge in [0.05, 0.1) is 67.7 Å². The van der Waals surface area contributed by atoms with Gasteiger partial charge < -0.3 is 13.7 Å². The Morgan fingerprint density at radius 1 is 0.345 bits per heavy atom. The van der Waals surface area contributed by atoms with Crippen molar-refractivity contribution in [3.05, 3.63) is 187 Å². The minimum Gasteiger partial charge on any atom is -0.309 e. The number of benzene rings is 8. The van der Waals surface area contributed by atoms with Gasteiger partial charge in [0.1, 0.15) is 0 Å². The maximum absolute atomic E-state index is 10.4. The lowest BCUT2D eigenvalue weighted by molar-refractivity contribution is 1.16. The molecule has 0 bridgehead atoms. The van der Waals surface area contributed by atoms with Gasteiger partial charge in [-0.2, -0.15) is 10.5 Å². The summed E-state index contributed by atoms with van der Waals surface area (Å²) in [5.74, 6) is 0. The molecule has 0 unspecified atom stereocenters. The first-order valence-electron chi connectivity index (χ1n) is 18.3. The van der Waals surface area contributed by atoms with Crippen molar-refractivity contribution in [2.45, 2.75) is 0 Å². The molecular weight excluding hydrogens is 671 g/mol. The van der Waals surface area contributed by atoms with Gasteiger partial charge in [0, 0.05) is 43.6 Å². The maximum atomic E-state index is 10.4. The van der Waals surface area contributed by atoms with Gasteiger partial charge in [-0.3, -0.25) is 0 Å². The number of nitriles is 2. The second-order valence-corrected chi connectivity index (χ2v) is 14.0. The van der Waals surface area contributed by atoms with E-state index in [0.29, 0.717) is 11.1 Å². The second-order valence-electron chi connectivity index (χ2n) is 14.0. The quantitative estimate of drug-likeness (QED) is 0.184. The number of aromatic nitrogens is 3. The molecule has 0 amide bonds. The third-order valence-electron chi connectivity index (χ3n) is 11.1. The van der Waals surface area contributed by atoms with Crippen LogP contribution in [0.5, 0.6) is 0 Å². The van der Waals surface area contributed by atoms with Crippen LogP contribution >= 0.6 is 0 Å². The highest BCUT2D eigenvalue weighted by atomic mass is 15.0. The predicted molar refractivity (Wildman–Crippen MR) is 224 cm³/mol. The van der Waals surface area contributed by atoms with Gasteiger partial charge in [0.2, 0.25) is 0 Å². The summed E-state index contributed by atoms with van der Waals surface area (Å²) in [6.45, 7) is 0. The fourth-order valence-electron chi connectivity index (χ4n) is 8.82. The van der Waals surface area contributed by atoms with E-state index in [9.17, 15) is 10.5 Å². The Kier molecular flexibility index (Phi) is 6.61. The molecule has 0 radical (unpaired) electrons. The van der Waals surface area contributed by atoms with E-state index < -0.39 is 0 Å². The molecule has 0 fully saturated rings. The zero-order chi connectivity index (χ0) is 36.6. The minimum atomic E-state index is 0.567. The summed E-state index contributed by atoms with van der Waals surface area (Å²) in [6, 6.07) is 66.0. The molecule has 5 nitrogen and oxygen atoms in total. The molecule has 5 heteroatoms. The largest absolute Gasteiger partial charge is 0.309 e. The molecule has 3 aromatic heterocycles. The lowest BCUT2D eigenvalue weighted by Crippen LogP contribution is -2.00. The predicted octanol–water partition coefficient (Wildman–Crippen LogP) is 12.4. The first kappa shape index (κ1) is 30.7. The lowest BCUT2D eigenvalue weighted by Gasteiger charge is -2.16. The van der Waals surface area contributed by atoms with Crippen LogP contribution in [-0.4, -0.2) is 13.7 Å². The first-order chi connectivity index (χ1) is 27.2. The number of rotatable bonds is 4. The van der Waals surface area contributed by atoms with Crippen LogP contribution in [0.3, 0.4) is 0 Å². The van der Waals surface area contributed by atoms with E-state index in [2.05, 4.69) is 159 Å². The van der Waals surface area contributed by atoms with Gasteiger partial charge >= 0.3 is 0 Å². The van der Waals surface area contributed by atoms with Crippen molar-refractivity contribution >= 4 is 65.4 Å². The van der Waals surface area contributed by atoms with E-state index in [1.807, 2.05) is 42.5 Å². The molecule has 0 atom stereocenters. The van der Waals surface area contributed by atoms with Gasteiger partial charge in [-0.25, -0.2) is 0 Å². The summed E-state index contributed by atoms with van der Waals surface area (Å²) in [6.07, 6.45) is 0. The smallest absolute Gasteiger partial charge is 0.0992 e. The van der Waals surface area contributed by atoms with Crippen molar-refractivity contribution in [1.29, 1.82) is 10.5 Å². The molecule has 0 aliphatic carbocycles. The molecule has 0 saturated heterocycles. The molecule has 0 N–H and O–H groups in total. The monoisotopic (exact) mass is 699 g/mol. The molecule has 0 aliphatic rings. The van der Waals surface area contributed by atoms with Crippen LogP contribution in [-0.2, 0) is 0 Å². The lowest BCUT2D eigenvalue weighted by atomic mass is 10.00. The number of hydrogen-bond acceptors (Lipinski definition) is 2. The summed E-state index contributed by atoms with van der Waals surface area (Å²) >= 11 is 0. The molecule has 55 heavy (non-hydrogen) atoms. The van der Waals surface area contributed by atoms with Crippen molar-refractivity contribution in [2.24, 2.45) is 0 Å². The Labute approximate surface area is 316 Å². The van der Waals surface area contributed by atoms with Crippen LogP contribution in [0.1, 0.15) is 11.1 Å². The number of fused-ring (bicyclic) bond motifs is 9. The fraction of sp³-hybridized carbons (Fsp3) is 0. The van der Waals surface area contributed by atoms with E-state index in [1.54, 1.807) is 0 Å². The van der Waals surface area contributed by atoms with Gasteiger partial charge in [0.15, 0.2) is 0 Å². The van der Waals surface area contributed by atoms with Gasteiger partial charge in [0.25, 0.3) is 0 Å². The highest BCUT2D eigenvalue weighted by molar-refractivity contribution is 6.17. The third-order valence-corrected chi connectivity index (χ3v) is 11.1. The van der Waals surface area contributed by atoms with Gasteiger partial charge in [-0.1, -0.05) is 97.1 Å². The van der Waals surface area contributed by atoms with Crippen molar-refractivity contribution in [1.82, 2.24) is 13.7 Å². The van der Waals surface area contributed by atoms with Crippen LogP contribution in [0.4, 0.5) is 0 Å². The summed E-state index contributed by atoms with van der Waals surface area (Å²) in [5, 5.41) is 27.0. The molecule has 254 valence electrons. The van der Waals surface area contributed by atoms with Gasteiger partial charge in [-0.05, 0) is 84.4 Å². The van der Waals surface area contributed by atoms with Crippen LogP contribution < -0.4 is 0 Å². The molecule has 3 heterocycles. The Balaban J connectivity index is 1.18. The summed E-state index contributed by atoms with van der Waals surface area (Å²) in [5.41, 5.74) is 12.7. The second kappa shape index (κ2) is 11.8. The number of para-hydroxylation sites is 5. The Morgan fingerprint density at radius 2 is 0.855 bits per heavy atom. The number of nitrogens with zero attached hydrogens (tertiary/aromatic N) is 5. The molecule has 0 saturated carbocycles. The third kappa shape index (κ3) is 4.45. The van der Waals surface area contributed by atoms with Crippen molar-refractivity contribution in [2.75, 3.05) is 0 Å². The summed E-state index contributed by atoms with van der Waals surface area (Å²) < 4.78 is 6.99. The SMILES string of the molecule is N#Cc1cc(-c2ccccc2-n2c3ccccc3c3c(-n4c5ccccc5c5ccccc54)cccc32)cc(-n2c3ccccc3c3cc(C#N)ccc32)c1. The van der Waals surface area contributed by atoms with E-state index in [4.69, 9.17) is 0 Å². The molecule has 0 aliphatic heterocycles. The van der Waals surface area contributed by atoms with Crippen LogP contribution in [0.2, 0.25) is 0 Å². The van der Waals surface area contributed by atoms with E-state index >= 15 is 0 Å². The normalized spacial score (nSPS) is 11.6. The average molecular weight is 700 g/mol. The highest BCUT2D eigenvalue weighted by Gasteiger charge is 2.21. The van der Waals surface area contributed by atoms with Crippen LogP contribution in [0.15, 0.2) is 176 Å². The molecule has 11 rings (SSSR count). The first-order valence-corrected chi connectivity index (χ1v) is 18.3. The van der Waals surface area contributed by atoms with Crippen molar-refractivity contribution in [3.8, 4) is 40.3 Å². The summed E-state index contributed by atoms with van der Waals surface area (Å²) in [7, 11) is 0. The minimum absolute atomic E-state index is 0.567. The van der Waals surface area contributed by atoms with Gasteiger partial charge in [-0.15, -0.1) is 0 Å². The Hall–Kier alpha value is -7.86. The standard InChI is InChI=1S/C50H29N5/c51-30-32-24-25-47-41(28-32)39-15-4-7-18-43(39)53(47)35-27-33(31-52)26-34(29-35)36-12-1-6-17-42(36)54-46-21-10-5-16-40(46)50-48(54)22-11-23-49(50)55-44-19-8-2-13-37(44)38-14-3-9-20-45(38)55/h1-29H. The van der Waals surface area contributed by atoms with E-state index in [1.165, 1.54) is 32.6 Å². The zero-order valence-electron chi connectivity index (χ0n) is 29.5. The molecule has 0 spiro atoms. The van der Waals surface area contributed by atoms with Crippen molar-refractivity contribution < 1.29 is 0 Å². The fourth-order valence-corrected chi connectivity index (χ4v) is 8.82. The van der Waals surface area contributed by atoms with Crippen LogP contribution in [0, 0.1) is 22.7 Å². The molecular formula is C50H29N5. The van der Waals surface area contributed by atoms with E-state index in [-0.39, 0.29) is 0 Å². The summed E-state index contributed by atoms with van der Waals surface area (Å²) in [4.78, 5) is 0. The molecule has 8 aromatic carbocycles.